The van der Waals surface area contributed by atoms with Crippen LogP contribution in [0.5, 0.6) is 0 Å². The van der Waals surface area contributed by atoms with Crippen LogP contribution in [-0.4, -0.2) is 28.5 Å². The van der Waals surface area contributed by atoms with Gasteiger partial charge in [-0.15, -0.1) is 0 Å². The molecule has 3 rings (SSSR count). The Bertz CT molecular complexity index is 619. The van der Waals surface area contributed by atoms with Crippen molar-refractivity contribution in [1.29, 1.82) is 0 Å². The predicted molar refractivity (Wildman–Crippen MR) is 89.3 cm³/mol. The van der Waals surface area contributed by atoms with Crippen molar-refractivity contribution in [2.24, 2.45) is 0 Å². The quantitative estimate of drug-likeness (QED) is 0.847. The molecule has 116 valence electrons. The van der Waals surface area contributed by atoms with Gasteiger partial charge in [0.1, 0.15) is 0 Å². The molecule has 3 nitrogen and oxygen atoms in total. The third-order valence-electron chi connectivity index (χ3n) is 4.44. The first-order valence-corrected chi connectivity index (χ1v) is 8.25. The van der Waals surface area contributed by atoms with Crippen molar-refractivity contribution < 1.29 is 4.79 Å². The fourth-order valence-corrected chi connectivity index (χ4v) is 3.10. The number of hydrogen-bond donors (Lipinski definition) is 0. The van der Waals surface area contributed by atoms with Gasteiger partial charge in [-0.2, -0.15) is 0 Å². The fourth-order valence-electron chi connectivity index (χ4n) is 3.10. The highest BCUT2D eigenvalue weighted by Crippen LogP contribution is 2.16. The van der Waals surface area contributed by atoms with Gasteiger partial charge in [-0.1, -0.05) is 30.5 Å². The van der Waals surface area contributed by atoms with Gasteiger partial charge in [0.05, 0.1) is 6.42 Å². The standard InChI is InChI=1S/C19H24N2O/c1-16-8-10-17(11-9-16)21-14-6-7-18(21)15-19(22)20-12-4-2-3-5-13-20/h6-11,14H,2-5,12-13,15H2,1H3. The van der Waals surface area contributed by atoms with Crippen LogP contribution in [0.25, 0.3) is 5.69 Å². The molecule has 2 aromatic rings. The first-order valence-electron chi connectivity index (χ1n) is 8.25. The average Bonchev–Trinajstić information content (AvgIpc) is 2.81. The summed E-state index contributed by atoms with van der Waals surface area (Å²) in [4.78, 5) is 14.6. The van der Waals surface area contributed by atoms with Gasteiger partial charge < -0.3 is 9.47 Å². The molecule has 3 heteroatoms. The number of carbonyl (C=O) groups is 1. The van der Waals surface area contributed by atoms with Gasteiger partial charge in [0.15, 0.2) is 0 Å². The summed E-state index contributed by atoms with van der Waals surface area (Å²) in [7, 11) is 0. The van der Waals surface area contributed by atoms with E-state index in [0.29, 0.717) is 6.42 Å². The molecule has 1 fully saturated rings. The molecule has 0 saturated carbocycles. The van der Waals surface area contributed by atoms with Gasteiger partial charge in [0.2, 0.25) is 5.91 Å². The highest BCUT2D eigenvalue weighted by Gasteiger charge is 2.17. The van der Waals surface area contributed by atoms with Crippen LogP contribution in [-0.2, 0) is 11.2 Å². The number of amides is 1. The van der Waals surface area contributed by atoms with Crippen LogP contribution >= 0.6 is 0 Å². The molecule has 0 radical (unpaired) electrons. The van der Waals surface area contributed by atoms with Crippen molar-refractivity contribution in [3.8, 4) is 5.69 Å². The van der Waals surface area contributed by atoms with Gasteiger partial charge >= 0.3 is 0 Å². The van der Waals surface area contributed by atoms with Crippen molar-refractivity contribution >= 4 is 5.91 Å². The lowest BCUT2D eigenvalue weighted by Crippen LogP contribution is -2.33. The summed E-state index contributed by atoms with van der Waals surface area (Å²) in [5.74, 6) is 0.258. The first-order chi connectivity index (χ1) is 10.7. The Labute approximate surface area is 132 Å². The van der Waals surface area contributed by atoms with Crippen LogP contribution in [0.15, 0.2) is 42.6 Å². The van der Waals surface area contributed by atoms with Crippen LogP contribution in [0.4, 0.5) is 0 Å². The molecule has 2 heterocycles. The zero-order chi connectivity index (χ0) is 15.4. The first kappa shape index (κ1) is 14.9. The maximum Gasteiger partial charge on any atom is 0.228 e. The zero-order valence-electron chi connectivity index (χ0n) is 13.3. The molecule has 0 spiro atoms. The molecule has 22 heavy (non-hydrogen) atoms. The molecular weight excluding hydrogens is 272 g/mol. The number of aryl methyl sites for hydroxylation is 1. The number of hydrogen-bond acceptors (Lipinski definition) is 1. The summed E-state index contributed by atoms with van der Waals surface area (Å²) in [6.07, 6.45) is 7.32. The van der Waals surface area contributed by atoms with Crippen molar-refractivity contribution in [2.75, 3.05) is 13.1 Å². The van der Waals surface area contributed by atoms with Crippen LogP contribution in [0.1, 0.15) is 36.9 Å². The summed E-state index contributed by atoms with van der Waals surface area (Å²) in [5, 5.41) is 0. The highest BCUT2D eigenvalue weighted by atomic mass is 16.2. The monoisotopic (exact) mass is 296 g/mol. The average molecular weight is 296 g/mol. The summed E-state index contributed by atoms with van der Waals surface area (Å²) in [6.45, 7) is 3.93. The molecule has 0 unspecified atom stereocenters. The number of rotatable bonds is 3. The van der Waals surface area contributed by atoms with Crippen molar-refractivity contribution in [3.05, 3.63) is 53.9 Å². The normalized spacial score (nSPS) is 15.6. The van der Waals surface area contributed by atoms with Crippen LogP contribution in [0.2, 0.25) is 0 Å². The Kier molecular flexibility index (Phi) is 4.62. The number of likely N-dealkylation sites (tertiary alicyclic amines) is 1. The van der Waals surface area contributed by atoms with E-state index in [-0.39, 0.29) is 5.91 Å². The minimum absolute atomic E-state index is 0.258. The second-order valence-corrected chi connectivity index (χ2v) is 6.18. The maximum absolute atomic E-state index is 12.6. The SMILES string of the molecule is Cc1ccc(-n2cccc2CC(=O)N2CCCCCC2)cc1. The number of nitrogens with zero attached hydrogens (tertiary/aromatic N) is 2. The van der Waals surface area contributed by atoms with Gasteiger partial charge in [-0.3, -0.25) is 4.79 Å². The Morgan fingerprint density at radius 3 is 2.36 bits per heavy atom. The van der Waals surface area contributed by atoms with E-state index in [4.69, 9.17) is 0 Å². The molecule has 0 aliphatic carbocycles. The third kappa shape index (κ3) is 3.41. The Hall–Kier alpha value is -2.03. The van der Waals surface area contributed by atoms with Gasteiger partial charge in [-0.05, 0) is 44.0 Å². The largest absolute Gasteiger partial charge is 0.342 e. The molecule has 1 aromatic heterocycles. The second-order valence-electron chi connectivity index (χ2n) is 6.18. The van der Waals surface area contributed by atoms with E-state index in [1.54, 1.807) is 0 Å². The molecule has 0 N–H and O–H groups in total. The van der Waals surface area contributed by atoms with Crippen molar-refractivity contribution in [1.82, 2.24) is 9.47 Å². The van der Waals surface area contributed by atoms with E-state index in [2.05, 4.69) is 41.8 Å². The van der Waals surface area contributed by atoms with Gasteiger partial charge in [0.25, 0.3) is 0 Å². The molecule has 1 aromatic carbocycles. The van der Waals surface area contributed by atoms with E-state index in [1.807, 2.05) is 17.2 Å². The van der Waals surface area contributed by atoms with E-state index < -0.39 is 0 Å². The zero-order valence-corrected chi connectivity index (χ0v) is 13.3. The second kappa shape index (κ2) is 6.82. The molecule has 1 saturated heterocycles. The smallest absolute Gasteiger partial charge is 0.228 e. The maximum atomic E-state index is 12.6. The molecular formula is C19H24N2O. The predicted octanol–water partition coefficient (Wildman–Crippen LogP) is 3.73. The van der Waals surface area contributed by atoms with Crippen molar-refractivity contribution in [2.45, 2.75) is 39.0 Å². The van der Waals surface area contributed by atoms with E-state index in [1.165, 1.54) is 18.4 Å². The molecule has 1 aliphatic heterocycles. The van der Waals surface area contributed by atoms with Gasteiger partial charge in [0, 0.05) is 30.7 Å². The van der Waals surface area contributed by atoms with E-state index >= 15 is 0 Å². The van der Waals surface area contributed by atoms with Crippen LogP contribution in [0.3, 0.4) is 0 Å². The lowest BCUT2D eigenvalue weighted by atomic mass is 10.2. The summed E-state index contributed by atoms with van der Waals surface area (Å²) in [6, 6.07) is 12.5. The molecule has 0 atom stereocenters. The number of benzene rings is 1. The minimum atomic E-state index is 0.258. The Morgan fingerprint density at radius 2 is 1.68 bits per heavy atom. The molecule has 1 aliphatic rings. The third-order valence-corrected chi connectivity index (χ3v) is 4.44. The number of aromatic nitrogens is 1. The van der Waals surface area contributed by atoms with Crippen LogP contribution < -0.4 is 0 Å². The summed E-state index contributed by atoms with van der Waals surface area (Å²) in [5.41, 5.74) is 3.44. The lowest BCUT2D eigenvalue weighted by Gasteiger charge is -2.20. The van der Waals surface area contributed by atoms with Gasteiger partial charge in [-0.25, -0.2) is 0 Å². The van der Waals surface area contributed by atoms with E-state index in [0.717, 1.165) is 37.3 Å². The molecule has 1 amide bonds. The fraction of sp³-hybridized carbons (Fsp3) is 0.421. The molecule has 0 bridgehead atoms. The van der Waals surface area contributed by atoms with Crippen LogP contribution in [0, 0.1) is 6.92 Å². The minimum Gasteiger partial charge on any atom is -0.342 e. The van der Waals surface area contributed by atoms with E-state index in [9.17, 15) is 4.79 Å². The number of carbonyl (C=O) groups excluding carboxylic acids is 1. The highest BCUT2D eigenvalue weighted by molar-refractivity contribution is 5.78. The van der Waals surface area contributed by atoms with Crippen molar-refractivity contribution in [3.63, 3.8) is 0 Å². The lowest BCUT2D eigenvalue weighted by molar-refractivity contribution is -0.130. The Morgan fingerprint density at radius 1 is 1.00 bits per heavy atom. The Balaban J connectivity index is 1.74. The summed E-state index contributed by atoms with van der Waals surface area (Å²) >= 11 is 0. The summed E-state index contributed by atoms with van der Waals surface area (Å²) < 4.78 is 2.12. The topological polar surface area (TPSA) is 25.2 Å².